The SMILES string of the molecule is CC(C)C(NC(=O)[C@@H](N)[C@@H](C)c1ccc(-c2ccccc2)cc1)c1ccc(Cl)cc1. The van der Waals surface area contributed by atoms with Crippen LogP contribution >= 0.6 is 11.6 Å². The highest BCUT2D eigenvalue weighted by Crippen LogP contribution is 2.26. The van der Waals surface area contributed by atoms with E-state index >= 15 is 0 Å². The second-order valence-corrected chi connectivity index (χ2v) is 8.52. The molecule has 1 amide bonds. The second kappa shape index (κ2) is 9.92. The van der Waals surface area contributed by atoms with Crippen molar-refractivity contribution in [3.05, 3.63) is 95.0 Å². The summed E-state index contributed by atoms with van der Waals surface area (Å²) in [7, 11) is 0. The molecule has 0 radical (unpaired) electrons. The van der Waals surface area contributed by atoms with Crippen molar-refractivity contribution in [1.82, 2.24) is 5.32 Å². The van der Waals surface area contributed by atoms with E-state index in [2.05, 4.69) is 55.6 Å². The van der Waals surface area contributed by atoms with Crippen LogP contribution in [-0.2, 0) is 4.79 Å². The largest absolute Gasteiger partial charge is 0.348 e. The number of rotatable bonds is 7. The number of benzene rings is 3. The van der Waals surface area contributed by atoms with Crippen LogP contribution in [0.5, 0.6) is 0 Å². The van der Waals surface area contributed by atoms with Crippen molar-refractivity contribution < 1.29 is 4.79 Å². The minimum Gasteiger partial charge on any atom is -0.348 e. The van der Waals surface area contributed by atoms with Crippen LogP contribution in [0.15, 0.2) is 78.9 Å². The molecule has 0 aliphatic rings. The van der Waals surface area contributed by atoms with Crippen molar-refractivity contribution in [2.24, 2.45) is 11.7 Å². The van der Waals surface area contributed by atoms with Gasteiger partial charge >= 0.3 is 0 Å². The Labute approximate surface area is 184 Å². The first-order valence-corrected chi connectivity index (χ1v) is 10.7. The molecular formula is C26H29ClN2O. The van der Waals surface area contributed by atoms with E-state index in [0.717, 1.165) is 16.7 Å². The molecule has 156 valence electrons. The first kappa shape index (κ1) is 22.1. The summed E-state index contributed by atoms with van der Waals surface area (Å²) < 4.78 is 0. The van der Waals surface area contributed by atoms with Gasteiger partial charge in [0.25, 0.3) is 0 Å². The smallest absolute Gasteiger partial charge is 0.238 e. The molecule has 3 atom stereocenters. The molecule has 0 spiro atoms. The summed E-state index contributed by atoms with van der Waals surface area (Å²) in [6.07, 6.45) is 0. The van der Waals surface area contributed by atoms with E-state index in [1.54, 1.807) is 0 Å². The molecule has 0 fully saturated rings. The van der Waals surface area contributed by atoms with E-state index in [1.165, 1.54) is 5.56 Å². The summed E-state index contributed by atoms with van der Waals surface area (Å²) in [4.78, 5) is 12.9. The zero-order valence-corrected chi connectivity index (χ0v) is 18.4. The van der Waals surface area contributed by atoms with Gasteiger partial charge in [-0.25, -0.2) is 0 Å². The van der Waals surface area contributed by atoms with Crippen LogP contribution in [0.1, 0.15) is 43.9 Å². The average molecular weight is 421 g/mol. The molecule has 0 bridgehead atoms. The van der Waals surface area contributed by atoms with Crippen LogP contribution in [0.2, 0.25) is 5.02 Å². The van der Waals surface area contributed by atoms with Crippen LogP contribution in [0.3, 0.4) is 0 Å². The zero-order valence-electron chi connectivity index (χ0n) is 17.7. The fraction of sp³-hybridized carbons (Fsp3) is 0.269. The number of hydrogen-bond donors (Lipinski definition) is 2. The van der Waals surface area contributed by atoms with Crippen LogP contribution in [0.25, 0.3) is 11.1 Å². The van der Waals surface area contributed by atoms with Crippen LogP contribution in [0.4, 0.5) is 0 Å². The maximum atomic E-state index is 12.9. The molecule has 3 N–H and O–H groups in total. The molecule has 30 heavy (non-hydrogen) atoms. The number of nitrogens with two attached hydrogens (primary N) is 1. The third-order valence-corrected chi connectivity index (χ3v) is 5.83. The molecule has 0 aliphatic carbocycles. The van der Waals surface area contributed by atoms with E-state index in [9.17, 15) is 4.79 Å². The molecule has 3 aromatic rings. The van der Waals surface area contributed by atoms with Gasteiger partial charge in [0.05, 0.1) is 12.1 Å². The Morgan fingerprint density at radius 3 is 1.90 bits per heavy atom. The number of carbonyl (C=O) groups is 1. The lowest BCUT2D eigenvalue weighted by atomic mass is 9.90. The molecule has 0 saturated heterocycles. The maximum absolute atomic E-state index is 12.9. The Morgan fingerprint density at radius 1 is 0.800 bits per heavy atom. The number of nitrogens with one attached hydrogen (secondary N) is 1. The summed E-state index contributed by atoms with van der Waals surface area (Å²) in [6.45, 7) is 6.15. The monoisotopic (exact) mass is 420 g/mol. The topological polar surface area (TPSA) is 55.1 Å². The fourth-order valence-corrected chi connectivity index (χ4v) is 3.72. The Hall–Kier alpha value is -2.62. The van der Waals surface area contributed by atoms with Gasteiger partial charge in [0, 0.05) is 10.9 Å². The summed E-state index contributed by atoms with van der Waals surface area (Å²) >= 11 is 6.00. The molecule has 3 aromatic carbocycles. The van der Waals surface area contributed by atoms with Gasteiger partial charge in [-0.2, -0.15) is 0 Å². The van der Waals surface area contributed by atoms with E-state index in [1.807, 2.05) is 49.4 Å². The molecule has 4 heteroatoms. The molecule has 3 nitrogen and oxygen atoms in total. The van der Waals surface area contributed by atoms with Crippen molar-refractivity contribution in [1.29, 1.82) is 0 Å². The lowest BCUT2D eigenvalue weighted by Gasteiger charge is -2.27. The van der Waals surface area contributed by atoms with Crippen LogP contribution in [0, 0.1) is 5.92 Å². The van der Waals surface area contributed by atoms with Crippen LogP contribution < -0.4 is 11.1 Å². The van der Waals surface area contributed by atoms with Gasteiger partial charge in [0.2, 0.25) is 5.91 Å². The first-order valence-electron chi connectivity index (χ1n) is 10.3. The normalized spacial score (nSPS) is 14.2. The maximum Gasteiger partial charge on any atom is 0.238 e. The standard InChI is InChI=1S/C26H29ClN2O/c1-17(2)25(22-13-15-23(27)16-14-22)29-26(30)24(28)18(3)19-9-11-21(12-10-19)20-7-5-4-6-8-20/h4-18,24-25H,28H2,1-3H3,(H,29,30)/t18-,24-,25?/m0/s1. The Balaban J connectivity index is 1.70. The third-order valence-electron chi connectivity index (χ3n) is 5.58. The summed E-state index contributed by atoms with van der Waals surface area (Å²) in [5.74, 6) is -0.0288. The van der Waals surface area contributed by atoms with Gasteiger partial charge in [-0.05, 0) is 40.3 Å². The van der Waals surface area contributed by atoms with E-state index in [-0.39, 0.29) is 23.8 Å². The molecule has 0 saturated carbocycles. The summed E-state index contributed by atoms with van der Waals surface area (Å²) in [5, 5.41) is 3.81. The van der Waals surface area contributed by atoms with Crippen molar-refractivity contribution in [2.75, 3.05) is 0 Å². The summed E-state index contributed by atoms with van der Waals surface area (Å²) in [6, 6.07) is 25.3. The Bertz CT molecular complexity index is 953. The molecule has 0 aliphatic heterocycles. The number of amides is 1. The van der Waals surface area contributed by atoms with Gasteiger partial charge in [-0.15, -0.1) is 0 Å². The Kier molecular flexibility index (Phi) is 7.30. The molecule has 0 aromatic heterocycles. The average Bonchev–Trinajstić information content (AvgIpc) is 2.77. The Morgan fingerprint density at radius 2 is 1.33 bits per heavy atom. The lowest BCUT2D eigenvalue weighted by Crippen LogP contribution is -2.46. The lowest BCUT2D eigenvalue weighted by molar-refractivity contribution is -0.123. The number of hydrogen-bond acceptors (Lipinski definition) is 2. The van der Waals surface area contributed by atoms with Gasteiger partial charge in [0.1, 0.15) is 0 Å². The second-order valence-electron chi connectivity index (χ2n) is 8.08. The van der Waals surface area contributed by atoms with Gasteiger partial charge < -0.3 is 11.1 Å². The first-order chi connectivity index (χ1) is 14.4. The van der Waals surface area contributed by atoms with Gasteiger partial charge in [-0.1, -0.05) is 99.1 Å². The number of halogens is 1. The van der Waals surface area contributed by atoms with E-state index < -0.39 is 6.04 Å². The van der Waals surface area contributed by atoms with Crippen molar-refractivity contribution in [2.45, 2.75) is 38.8 Å². The van der Waals surface area contributed by atoms with Crippen molar-refractivity contribution in [3.8, 4) is 11.1 Å². The molecular weight excluding hydrogens is 392 g/mol. The number of carbonyl (C=O) groups excluding carboxylic acids is 1. The molecule has 0 heterocycles. The van der Waals surface area contributed by atoms with Crippen LogP contribution in [-0.4, -0.2) is 11.9 Å². The minimum atomic E-state index is -0.638. The summed E-state index contributed by atoms with van der Waals surface area (Å²) in [5.41, 5.74) is 10.7. The third kappa shape index (κ3) is 5.29. The van der Waals surface area contributed by atoms with Gasteiger partial charge in [-0.3, -0.25) is 4.79 Å². The fourth-order valence-electron chi connectivity index (χ4n) is 3.60. The highest BCUT2D eigenvalue weighted by Gasteiger charge is 2.26. The predicted molar refractivity (Wildman–Crippen MR) is 125 cm³/mol. The highest BCUT2D eigenvalue weighted by molar-refractivity contribution is 6.30. The van der Waals surface area contributed by atoms with Crippen molar-refractivity contribution in [3.63, 3.8) is 0 Å². The molecule has 3 rings (SSSR count). The zero-order chi connectivity index (χ0) is 21.7. The van der Waals surface area contributed by atoms with Gasteiger partial charge in [0.15, 0.2) is 0 Å². The quantitative estimate of drug-likeness (QED) is 0.496. The minimum absolute atomic E-state index is 0.104. The highest BCUT2D eigenvalue weighted by atomic mass is 35.5. The molecule has 1 unspecified atom stereocenters. The predicted octanol–water partition coefficient (Wildman–Crippen LogP) is 5.95. The van der Waals surface area contributed by atoms with E-state index in [0.29, 0.717) is 5.02 Å². The van der Waals surface area contributed by atoms with E-state index in [4.69, 9.17) is 17.3 Å². The van der Waals surface area contributed by atoms with Crippen molar-refractivity contribution >= 4 is 17.5 Å².